The second-order valence-electron chi connectivity index (χ2n) is 6.06. The maximum absolute atomic E-state index is 12.5. The molecule has 0 aromatic heterocycles. The molecule has 0 aliphatic carbocycles. The lowest BCUT2D eigenvalue weighted by Crippen LogP contribution is -2.13. The second kappa shape index (κ2) is 8.27. The van der Waals surface area contributed by atoms with E-state index in [9.17, 15) is 4.79 Å². The molecule has 3 aromatic rings. The van der Waals surface area contributed by atoms with E-state index < -0.39 is 0 Å². The van der Waals surface area contributed by atoms with Crippen molar-refractivity contribution in [3.8, 4) is 11.5 Å². The van der Waals surface area contributed by atoms with E-state index in [4.69, 9.17) is 9.47 Å². The smallest absolute Gasteiger partial charge is 0.259 e. The van der Waals surface area contributed by atoms with E-state index in [2.05, 4.69) is 10.6 Å². The minimum atomic E-state index is -0.214. The van der Waals surface area contributed by atoms with Crippen LogP contribution in [-0.2, 0) is 0 Å². The number of anilines is 3. The Morgan fingerprint density at radius 1 is 0.815 bits per heavy atom. The van der Waals surface area contributed by atoms with Crippen LogP contribution in [0, 0.1) is 6.92 Å². The predicted molar refractivity (Wildman–Crippen MR) is 108 cm³/mol. The van der Waals surface area contributed by atoms with E-state index in [0.717, 1.165) is 22.7 Å². The number of nitrogens with one attached hydrogen (secondary N) is 2. The molecule has 0 atom stereocenters. The quantitative estimate of drug-likeness (QED) is 0.647. The van der Waals surface area contributed by atoms with Gasteiger partial charge in [-0.3, -0.25) is 4.79 Å². The Kier molecular flexibility index (Phi) is 5.61. The minimum absolute atomic E-state index is 0.214. The first-order valence-corrected chi connectivity index (χ1v) is 8.57. The van der Waals surface area contributed by atoms with Crippen molar-refractivity contribution in [2.24, 2.45) is 0 Å². The first kappa shape index (κ1) is 18.3. The van der Waals surface area contributed by atoms with Crippen LogP contribution < -0.4 is 20.1 Å². The largest absolute Gasteiger partial charge is 0.496 e. The fourth-order valence-electron chi connectivity index (χ4n) is 2.74. The number of ether oxygens (including phenoxy) is 2. The molecule has 0 unspecified atom stereocenters. The summed E-state index contributed by atoms with van der Waals surface area (Å²) in [6, 6.07) is 20.6. The summed E-state index contributed by atoms with van der Waals surface area (Å²) in [6.45, 7) is 2.03. The first-order chi connectivity index (χ1) is 13.1. The van der Waals surface area contributed by atoms with Gasteiger partial charge in [0.25, 0.3) is 5.91 Å². The van der Waals surface area contributed by atoms with Crippen molar-refractivity contribution in [2.75, 3.05) is 24.9 Å². The molecule has 3 rings (SSSR count). The van der Waals surface area contributed by atoms with E-state index in [1.165, 1.54) is 0 Å². The van der Waals surface area contributed by atoms with Gasteiger partial charge in [-0.2, -0.15) is 0 Å². The number of hydrogen-bond acceptors (Lipinski definition) is 4. The number of carbonyl (C=O) groups is 1. The van der Waals surface area contributed by atoms with Crippen LogP contribution in [-0.4, -0.2) is 20.1 Å². The molecule has 1 amide bonds. The highest BCUT2D eigenvalue weighted by Crippen LogP contribution is 2.29. The SMILES string of the molecule is COc1ccc(C)cc1Nc1ccc(NC(=O)c2ccccc2OC)cc1. The van der Waals surface area contributed by atoms with Gasteiger partial charge in [0.1, 0.15) is 11.5 Å². The summed E-state index contributed by atoms with van der Waals surface area (Å²) in [5, 5.41) is 6.22. The Morgan fingerprint density at radius 3 is 2.19 bits per heavy atom. The van der Waals surface area contributed by atoms with Crippen LogP contribution in [0.25, 0.3) is 0 Å². The number of carbonyl (C=O) groups excluding carboxylic acids is 1. The zero-order chi connectivity index (χ0) is 19.2. The second-order valence-corrected chi connectivity index (χ2v) is 6.06. The fraction of sp³-hybridized carbons (Fsp3) is 0.136. The van der Waals surface area contributed by atoms with Crippen LogP contribution in [0.1, 0.15) is 15.9 Å². The maximum atomic E-state index is 12.5. The Morgan fingerprint density at radius 2 is 1.48 bits per heavy atom. The summed E-state index contributed by atoms with van der Waals surface area (Å²) < 4.78 is 10.6. The number of para-hydroxylation sites is 1. The summed E-state index contributed by atoms with van der Waals surface area (Å²) in [5.74, 6) is 1.10. The van der Waals surface area contributed by atoms with Crippen molar-refractivity contribution >= 4 is 23.0 Å². The molecule has 0 heterocycles. The molecule has 0 bridgehead atoms. The number of hydrogen-bond donors (Lipinski definition) is 2. The van der Waals surface area contributed by atoms with Crippen molar-refractivity contribution in [3.63, 3.8) is 0 Å². The van der Waals surface area contributed by atoms with Gasteiger partial charge >= 0.3 is 0 Å². The highest BCUT2D eigenvalue weighted by molar-refractivity contribution is 6.06. The van der Waals surface area contributed by atoms with Crippen LogP contribution in [0.2, 0.25) is 0 Å². The molecule has 0 aliphatic rings. The van der Waals surface area contributed by atoms with E-state index in [1.54, 1.807) is 32.4 Å². The Balaban J connectivity index is 1.72. The highest BCUT2D eigenvalue weighted by Gasteiger charge is 2.11. The van der Waals surface area contributed by atoms with Crippen LogP contribution in [0.15, 0.2) is 66.7 Å². The number of amides is 1. The van der Waals surface area contributed by atoms with Crippen molar-refractivity contribution < 1.29 is 14.3 Å². The Hall–Kier alpha value is -3.47. The van der Waals surface area contributed by atoms with Gasteiger partial charge in [0.2, 0.25) is 0 Å². The molecule has 0 saturated carbocycles. The third kappa shape index (κ3) is 4.39. The van der Waals surface area contributed by atoms with Crippen molar-refractivity contribution in [2.45, 2.75) is 6.92 Å². The molecular formula is C22H22N2O3. The minimum Gasteiger partial charge on any atom is -0.496 e. The van der Waals surface area contributed by atoms with Crippen LogP contribution in [0.5, 0.6) is 11.5 Å². The molecule has 0 fully saturated rings. The Bertz CT molecular complexity index is 937. The summed E-state index contributed by atoms with van der Waals surface area (Å²) in [5.41, 5.74) is 4.12. The zero-order valence-corrected chi connectivity index (χ0v) is 15.6. The fourth-order valence-corrected chi connectivity index (χ4v) is 2.74. The molecule has 27 heavy (non-hydrogen) atoms. The van der Waals surface area contributed by atoms with Gasteiger partial charge in [0.15, 0.2) is 0 Å². The third-order valence-electron chi connectivity index (χ3n) is 4.13. The standard InChI is InChI=1S/C22H22N2O3/c1-15-8-13-21(27-3)19(14-15)23-16-9-11-17(12-10-16)24-22(25)18-6-4-5-7-20(18)26-2/h4-14,23H,1-3H3,(H,24,25). The van der Waals surface area contributed by atoms with Gasteiger partial charge in [-0.1, -0.05) is 18.2 Å². The predicted octanol–water partition coefficient (Wildman–Crippen LogP) is 5.01. The molecule has 0 saturated heterocycles. The average molecular weight is 362 g/mol. The van der Waals surface area contributed by atoms with Gasteiger partial charge in [-0.25, -0.2) is 0 Å². The first-order valence-electron chi connectivity index (χ1n) is 8.57. The van der Waals surface area contributed by atoms with E-state index in [-0.39, 0.29) is 5.91 Å². The lowest BCUT2D eigenvalue weighted by molar-refractivity contribution is 0.102. The summed E-state index contributed by atoms with van der Waals surface area (Å²) in [4.78, 5) is 12.5. The lowest BCUT2D eigenvalue weighted by atomic mass is 10.1. The van der Waals surface area contributed by atoms with Gasteiger partial charge in [0, 0.05) is 11.4 Å². The average Bonchev–Trinajstić information content (AvgIpc) is 2.69. The summed E-state index contributed by atoms with van der Waals surface area (Å²) >= 11 is 0. The van der Waals surface area contributed by atoms with E-state index in [0.29, 0.717) is 17.0 Å². The third-order valence-corrected chi connectivity index (χ3v) is 4.13. The van der Waals surface area contributed by atoms with Crippen LogP contribution >= 0.6 is 0 Å². The number of methoxy groups -OCH3 is 2. The molecule has 5 heteroatoms. The van der Waals surface area contributed by atoms with E-state index in [1.807, 2.05) is 55.5 Å². The van der Waals surface area contributed by atoms with Crippen LogP contribution in [0.3, 0.4) is 0 Å². The van der Waals surface area contributed by atoms with Gasteiger partial charge in [-0.15, -0.1) is 0 Å². The van der Waals surface area contributed by atoms with Crippen molar-refractivity contribution in [1.82, 2.24) is 0 Å². The van der Waals surface area contributed by atoms with Gasteiger partial charge < -0.3 is 20.1 Å². The summed E-state index contributed by atoms with van der Waals surface area (Å²) in [7, 11) is 3.19. The molecular weight excluding hydrogens is 340 g/mol. The van der Waals surface area contributed by atoms with Gasteiger partial charge in [-0.05, 0) is 61.0 Å². The molecule has 138 valence electrons. The highest BCUT2D eigenvalue weighted by atomic mass is 16.5. The lowest BCUT2D eigenvalue weighted by Gasteiger charge is -2.13. The zero-order valence-electron chi connectivity index (χ0n) is 15.6. The molecule has 3 aromatic carbocycles. The van der Waals surface area contributed by atoms with Crippen molar-refractivity contribution in [1.29, 1.82) is 0 Å². The number of aryl methyl sites for hydroxylation is 1. The number of benzene rings is 3. The molecule has 0 radical (unpaired) electrons. The molecule has 0 spiro atoms. The normalized spacial score (nSPS) is 10.2. The summed E-state index contributed by atoms with van der Waals surface area (Å²) in [6.07, 6.45) is 0. The van der Waals surface area contributed by atoms with Gasteiger partial charge in [0.05, 0.1) is 25.5 Å². The Labute approximate surface area is 158 Å². The number of rotatable bonds is 6. The van der Waals surface area contributed by atoms with Crippen LogP contribution in [0.4, 0.5) is 17.1 Å². The molecule has 0 aliphatic heterocycles. The maximum Gasteiger partial charge on any atom is 0.259 e. The molecule has 2 N–H and O–H groups in total. The van der Waals surface area contributed by atoms with Crippen molar-refractivity contribution in [3.05, 3.63) is 77.9 Å². The molecule has 5 nitrogen and oxygen atoms in total. The topological polar surface area (TPSA) is 59.6 Å². The monoisotopic (exact) mass is 362 g/mol. The van der Waals surface area contributed by atoms with E-state index >= 15 is 0 Å².